The van der Waals surface area contributed by atoms with Crippen LogP contribution < -0.4 is 20.3 Å². The van der Waals surface area contributed by atoms with Gasteiger partial charge in [-0.2, -0.15) is 5.10 Å². The average Bonchev–Trinajstić information content (AvgIpc) is 3.30. The number of amides is 3. The summed E-state index contributed by atoms with van der Waals surface area (Å²) in [5.41, 5.74) is 5.47. The van der Waals surface area contributed by atoms with Crippen LogP contribution in [0.3, 0.4) is 0 Å². The number of fused-ring (bicyclic) bond motifs is 1. The third-order valence-electron chi connectivity index (χ3n) is 5.91. The van der Waals surface area contributed by atoms with Gasteiger partial charge in [0.1, 0.15) is 11.4 Å². The van der Waals surface area contributed by atoms with Crippen molar-refractivity contribution in [3.05, 3.63) is 65.4 Å². The lowest BCUT2D eigenvalue weighted by Gasteiger charge is -2.29. The predicted octanol–water partition coefficient (Wildman–Crippen LogP) is 2.70. The first-order chi connectivity index (χ1) is 19.3. The molecule has 2 aliphatic heterocycles. The molecule has 3 aromatic rings. The highest BCUT2D eigenvalue weighted by atomic mass is 16.5. The number of ether oxygens (including phenoxy) is 1. The maximum atomic E-state index is 13.9. The zero-order valence-electron chi connectivity index (χ0n) is 25.1. The molecule has 5 rings (SSSR count). The van der Waals surface area contributed by atoms with Gasteiger partial charge in [0.2, 0.25) is 5.91 Å². The van der Waals surface area contributed by atoms with Gasteiger partial charge in [0.05, 0.1) is 22.3 Å². The van der Waals surface area contributed by atoms with Crippen LogP contribution in [0.1, 0.15) is 55.4 Å². The van der Waals surface area contributed by atoms with Crippen LogP contribution in [0.5, 0.6) is 5.75 Å². The van der Waals surface area contributed by atoms with Crippen LogP contribution in [0.4, 0.5) is 11.4 Å². The summed E-state index contributed by atoms with van der Waals surface area (Å²) in [6.45, 7) is 0.188. The van der Waals surface area contributed by atoms with Crippen LogP contribution in [0.15, 0.2) is 48.4 Å². The molecule has 1 aromatic heterocycles. The molecule has 0 saturated carbocycles. The van der Waals surface area contributed by atoms with Gasteiger partial charge in [-0.1, -0.05) is 0 Å². The lowest BCUT2D eigenvalue weighted by molar-refractivity contribution is -0.119. The number of anilines is 2. The molecule has 9 nitrogen and oxygen atoms in total. The Labute approximate surface area is 206 Å². The van der Waals surface area contributed by atoms with Gasteiger partial charge < -0.3 is 20.3 Å². The highest BCUT2D eigenvalue weighted by Crippen LogP contribution is 2.31. The molecule has 34 heavy (non-hydrogen) atoms. The van der Waals surface area contributed by atoms with Crippen molar-refractivity contribution >= 4 is 29.1 Å². The maximum absolute atomic E-state index is 13.9. The third kappa shape index (κ3) is 3.68. The number of nitrogens with zero attached hydrogens (tertiary/aromatic N) is 4. The quantitative estimate of drug-likeness (QED) is 0.622. The zero-order chi connectivity index (χ0) is 29.8. The van der Waals surface area contributed by atoms with Crippen molar-refractivity contribution in [3.63, 3.8) is 0 Å². The minimum atomic E-state index is -2.67. The SMILES string of the molecule is [2H]c1c([2H])c(N2CCc3c(C(N)=O)nn(-c4ccc(OC([2H])([2H])[2H])cc4)c3C2=O)c([2H])c([2H])c1N1CCCCC1=O. The van der Waals surface area contributed by atoms with Crippen LogP contribution >= 0.6 is 0 Å². The van der Waals surface area contributed by atoms with E-state index >= 15 is 0 Å². The van der Waals surface area contributed by atoms with E-state index in [1.165, 1.54) is 33.8 Å². The summed E-state index contributed by atoms with van der Waals surface area (Å²) in [6.07, 6.45) is 1.65. The van der Waals surface area contributed by atoms with Crippen LogP contribution in [0, 0.1) is 0 Å². The average molecular weight is 467 g/mol. The second kappa shape index (κ2) is 8.66. The van der Waals surface area contributed by atoms with Crippen molar-refractivity contribution in [3.8, 4) is 11.4 Å². The number of nitrogens with two attached hydrogens (primary N) is 1. The van der Waals surface area contributed by atoms with Gasteiger partial charge in [-0.25, -0.2) is 4.68 Å². The second-order valence-corrected chi connectivity index (χ2v) is 7.95. The number of benzene rings is 2. The van der Waals surface area contributed by atoms with E-state index in [0.717, 1.165) is 4.90 Å². The van der Waals surface area contributed by atoms with Crippen molar-refractivity contribution in [2.45, 2.75) is 25.7 Å². The van der Waals surface area contributed by atoms with E-state index in [-0.39, 0.29) is 71.6 Å². The van der Waals surface area contributed by atoms with Crippen LogP contribution in [-0.2, 0) is 11.2 Å². The minimum absolute atomic E-state index is 0.0359. The molecule has 3 amide bonds. The summed E-state index contributed by atoms with van der Waals surface area (Å²) in [5.74, 6) is -1.87. The van der Waals surface area contributed by atoms with E-state index in [1.807, 2.05) is 0 Å². The van der Waals surface area contributed by atoms with Gasteiger partial charge in [0, 0.05) is 36.4 Å². The van der Waals surface area contributed by atoms with Gasteiger partial charge in [0.15, 0.2) is 5.69 Å². The van der Waals surface area contributed by atoms with Crippen molar-refractivity contribution in [2.24, 2.45) is 5.73 Å². The molecule has 0 bridgehead atoms. The Balaban J connectivity index is 1.59. The predicted molar refractivity (Wildman–Crippen MR) is 127 cm³/mol. The smallest absolute Gasteiger partial charge is 0.277 e. The molecule has 0 unspecified atom stereocenters. The Morgan fingerprint density at radius 1 is 1.00 bits per heavy atom. The van der Waals surface area contributed by atoms with Gasteiger partial charge in [0.25, 0.3) is 11.8 Å². The summed E-state index contributed by atoms with van der Waals surface area (Å²) in [5, 5.41) is 4.24. The van der Waals surface area contributed by atoms with E-state index in [1.54, 1.807) is 0 Å². The third-order valence-corrected chi connectivity index (χ3v) is 5.91. The van der Waals surface area contributed by atoms with Crippen LogP contribution in [-0.4, -0.2) is 47.6 Å². The van der Waals surface area contributed by atoms with Gasteiger partial charge >= 0.3 is 0 Å². The van der Waals surface area contributed by atoms with Gasteiger partial charge in [-0.05, 0) is 67.7 Å². The number of primary amides is 1. The fourth-order valence-electron chi connectivity index (χ4n) is 4.22. The highest BCUT2D eigenvalue weighted by molar-refractivity contribution is 6.09. The van der Waals surface area contributed by atoms with Crippen molar-refractivity contribution < 1.29 is 28.7 Å². The molecule has 0 radical (unpaired) electrons. The molecule has 2 N–H and O–H groups in total. The Kier molecular flexibility index (Phi) is 3.79. The minimum Gasteiger partial charge on any atom is -0.497 e. The summed E-state index contributed by atoms with van der Waals surface area (Å²) in [6, 6.07) is 3.74. The van der Waals surface area contributed by atoms with Crippen molar-refractivity contribution in [1.29, 1.82) is 0 Å². The first kappa shape index (κ1) is 14.9. The maximum Gasteiger partial charge on any atom is 0.277 e. The number of aromatic nitrogens is 2. The molecule has 174 valence electrons. The van der Waals surface area contributed by atoms with Gasteiger partial charge in [-0.3, -0.25) is 14.4 Å². The highest BCUT2D eigenvalue weighted by Gasteiger charge is 2.34. The molecule has 3 heterocycles. The monoisotopic (exact) mass is 466 g/mol. The second-order valence-electron chi connectivity index (χ2n) is 7.95. The molecule has 0 aliphatic carbocycles. The molecular formula is C25H25N5O4. The summed E-state index contributed by atoms with van der Waals surface area (Å²) < 4.78 is 62.3. The first-order valence-electron chi connectivity index (χ1n) is 14.2. The first-order valence-corrected chi connectivity index (χ1v) is 10.7. The molecule has 1 saturated heterocycles. The van der Waals surface area contributed by atoms with Crippen molar-refractivity contribution in [2.75, 3.05) is 29.9 Å². The molecule has 1 fully saturated rings. The molecule has 0 atom stereocenters. The lowest BCUT2D eigenvalue weighted by Crippen LogP contribution is -2.39. The zero-order valence-corrected chi connectivity index (χ0v) is 18.1. The number of hydrogen-bond acceptors (Lipinski definition) is 5. The summed E-state index contributed by atoms with van der Waals surface area (Å²) in [7, 11) is -2.67. The van der Waals surface area contributed by atoms with Gasteiger partial charge in [-0.15, -0.1) is 0 Å². The Hall–Kier alpha value is -4.14. The fraction of sp³-hybridized carbons (Fsp3) is 0.280. The lowest BCUT2D eigenvalue weighted by atomic mass is 10.0. The number of piperidine rings is 1. The number of carbonyl (C=O) groups is 3. The van der Waals surface area contributed by atoms with E-state index in [9.17, 15) is 14.4 Å². The van der Waals surface area contributed by atoms with E-state index in [2.05, 4.69) is 5.10 Å². The van der Waals surface area contributed by atoms with Crippen LogP contribution in [0.2, 0.25) is 0 Å². The Morgan fingerprint density at radius 2 is 1.71 bits per heavy atom. The largest absolute Gasteiger partial charge is 0.497 e. The standard InChI is InChI=1S/C25H25N5O4/c1-34-19-11-9-18(10-12-19)30-23-20(22(27-30)24(26)32)13-15-29(25(23)33)17-7-5-16(6-8-17)28-14-3-2-4-21(28)31/h5-12H,2-4,13-15H2,1H3,(H2,26,32)/i1D3,5D,6D,7D,8D. The number of hydrogen-bond donors (Lipinski definition) is 1. The van der Waals surface area contributed by atoms with Crippen molar-refractivity contribution in [1.82, 2.24) is 9.78 Å². The fourth-order valence-corrected chi connectivity index (χ4v) is 4.22. The van der Waals surface area contributed by atoms with E-state index in [0.29, 0.717) is 12.8 Å². The Bertz CT molecular complexity index is 1560. The molecule has 2 aromatic carbocycles. The summed E-state index contributed by atoms with van der Waals surface area (Å²) in [4.78, 5) is 41.0. The normalized spacial score (nSPS) is 19.2. The Morgan fingerprint density at radius 3 is 2.35 bits per heavy atom. The molecule has 2 aliphatic rings. The summed E-state index contributed by atoms with van der Waals surface area (Å²) >= 11 is 0. The van der Waals surface area contributed by atoms with Crippen LogP contribution in [0.25, 0.3) is 5.69 Å². The van der Waals surface area contributed by atoms with E-state index < -0.39 is 43.0 Å². The number of methoxy groups -OCH3 is 1. The van der Waals surface area contributed by atoms with E-state index in [4.69, 9.17) is 20.1 Å². The topological polar surface area (TPSA) is 111 Å². The number of carbonyl (C=O) groups excluding carboxylic acids is 3. The number of rotatable bonds is 5. The molecular weight excluding hydrogens is 434 g/mol. The molecule has 0 spiro atoms. The molecule has 9 heteroatoms.